The first-order chi connectivity index (χ1) is 17.4. The number of fused-ring (bicyclic) bond motifs is 1. The molecule has 0 aliphatic carbocycles. The highest BCUT2D eigenvalue weighted by Crippen LogP contribution is 2.32. The lowest BCUT2D eigenvalue weighted by atomic mass is 10.2. The van der Waals surface area contributed by atoms with Crippen molar-refractivity contribution in [1.29, 1.82) is 0 Å². The summed E-state index contributed by atoms with van der Waals surface area (Å²) in [7, 11) is 0. The van der Waals surface area contributed by atoms with Crippen LogP contribution in [0.2, 0.25) is 0 Å². The highest BCUT2D eigenvalue weighted by Gasteiger charge is 2.21. The number of aromatic nitrogens is 4. The Morgan fingerprint density at radius 1 is 0.889 bits per heavy atom. The maximum atomic E-state index is 14.8. The van der Waals surface area contributed by atoms with E-state index in [1.165, 1.54) is 22.9 Å². The van der Waals surface area contributed by atoms with Crippen LogP contribution in [0.15, 0.2) is 72.8 Å². The Labute approximate surface area is 203 Å². The summed E-state index contributed by atoms with van der Waals surface area (Å²) in [5, 5.41) is 7.26. The molecule has 2 aromatic heterocycles. The maximum Gasteiger partial charge on any atom is 0.417 e. The van der Waals surface area contributed by atoms with Crippen LogP contribution in [0.4, 0.5) is 30.9 Å². The van der Waals surface area contributed by atoms with Gasteiger partial charge in [0.15, 0.2) is 17.5 Å². The number of carbonyl (C=O) groups is 1. The lowest BCUT2D eigenvalue weighted by Crippen LogP contribution is -2.20. The van der Waals surface area contributed by atoms with E-state index in [4.69, 9.17) is 16.2 Å². The van der Waals surface area contributed by atoms with E-state index in [1.807, 2.05) is 0 Å². The number of para-hydroxylation sites is 2. The number of hydrogen-bond donors (Lipinski definition) is 3. The van der Waals surface area contributed by atoms with E-state index in [0.29, 0.717) is 16.7 Å². The first kappa shape index (κ1) is 22.7. The monoisotopic (exact) mass is 487 g/mol. The number of hydrogen-bond acceptors (Lipinski definition) is 7. The Kier molecular flexibility index (Phi) is 5.87. The summed E-state index contributed by atoms with van der Waals surface area (Å²) >= 11 is 0. The largest absolute Gasteiger partial charge is 0.417 e. The minimum Gasteiger partial charge on any atom is -0.410 e. The molecule has 0 saturated heterocycles. The fourth-order valence-corrected chi connectivity index (χ4v) is 3.71. The quantitative estimate of drug-likeness (QED) is 0.330. The van der Waals surface area contributed by atoms with Gasteiger partial charge >= 0.3 is 6.09 Å². The van der Waals surface area contributed by atoms with Crippen molar-refractivity contribution >= 4 is 34.3 Å². The predicted molar refractivity (Wildman–Crippen MR) is 131 cm³/mol. The van der Waals surface area contributed by atoms with E-state index >= 15 is 0 Å². The second-order valence-corrected chi connectivity index (χ2v) is 7.75. The second-order valence-electron chi connectivity index (χ2n) is 7.75. The van der Waals surface area contributed by atoms with Crippen LogP contribution in [0.1, 0.15) is 5.56 Å². The normalized spacial score (nSPS) is 10.9. The third-order valence-electron chi connectivity index (χ3n) is 5.36. The zero-order valence-corrected chi connectivity index (χ0v) is 18.7. The summed E-state index contributed by atoms with van der Waals surface area (Å²) in [6.07, 6.45) is -0.836. The topological polar surface area (TPSA) is 134 Å². The van der Waals surface area contributed by atoms with E-state index in [9.17, 15) is 13.6 Å². The lowest BCUT2D eigenvalue weighted by molar-refractivity contribution is 0.215. The Hall–Kier alpha value is -5.06. The molecule has 0 aliphatic rings. The average Bonchev–Trinajstić information content (AvgIpc) is 3.23. The van der Waals surface area contributed by atoms with Gasteiger partial charge < -0.3 is 16.2 Å². The van der Waals surface area contributed by atoms with Crippen molar-refractivity contribution in [2.75, 3.05) is 16.8 Å². The molecule has 36 heavy (non-hydrogen) atoms. The molecule has 11 heteroatoms. The van der Waals surface area contributed by atoms with Gasteiger partial charge in [0, 0.05) is 10.9 Å². The molecule has 0 bridgehead atoms. The van der Waals surface area contributed by atoms with E-state index in [0.717, 1.165) is 0 Å². The average molecular weight is 487 g/mol. The van der Waals surface area contributed by atoms with Gasteiger partial charge in [-0.25, -0.2) is 23.5 Å². The van der Waals surface area contributed by atoms with Crippen LogP contribution in [-0.4, -0.2) is 25.8 Å². The summed E-state index contributed by atoms with van der Waals surface area (Å²) in [5.74, 6) is -0.952. The van der Waals surface area contributed by atoms with Crippen LogP contribution in [0.5, 0.6) is 5.75 Å². The molecule has 5 rings (SSSR count). The van der Waals surface area contributed by atoms with Crippen LogP contribution in [0.25, 0.3) is 22.4 Å². The molecule has 9 nitrogen and oxygen atoms in total. The van der Waals surface area contributed by atoms with Crippen molar-refractivity contribution < 1.29 is 18.3 Å². The lowest BCUT2D eigenvalue weighted by Gasteiger charge is -2.11. The van der Waals surface area contributed by atoms with Gasteiger partial charge in [-0.3, -0.25) is 10.00 Å². The molecule has 3 aromatic carbocycles. The summed E-state index contributed by atoms with van der Waals surface area (Å²) in [4.78, 5) is 20.7. The van der Waals surface area contributed by atoms with Crippen LogP contribution in [0.3, 0.4) is 0 Å². The Bertz CT molecular complexity index is 1570. The molecule has 2 heterocycles. The van der Waals surface area contributed by atoms with Gasteiger partial charge in [0.2, 0.25) is 0 Å². The number of amides is 1. The highest BCUT2D eigenvalue weighted by molar-refractivity contribution is 5.96. The van der Waals surface area contributed by atoms with Gasteiger partial charge in [-0.15, -0.1) is 0 Å². The summed E-state index contributed by atoms with van der Waals surface area (Å²) in [6.45, 7) is -0.0277. The number of benzene rings is 3. The highest BCUT2D eigenvalue weighted by atomic mass is 19.1. The number of ether oxygens (including phenoxy) is 1. The molecule has 5 N–H and O–H groups in total. The maximum absolute atomic E-state index is 14.8. The van der Waals surface area contributed by atoms with Crippen molar-refractivity contribution in [2.45, 2.75) is 6.54 Å². The molecule has 0 fully saturated rings. The third kappa shape index (κ3) is 4.37. The number of nitrogen functional groups attached to an aromatic ring is 2. The van der Waals surface area contributed by atoms with Gasteiger partial charge in [0.05, 0.1) is 6.54 Å². The molecular weight excluding hydrogens is 468 g/mol. The Balaban J connectivity index is 1.50. The van der Waals surface area contributed by atoms with Gasteiger partial charge in [-0.2, -0.15) is 5.10 Å². The molecule has 0 saturated carbocycles. The van der Waals surface area contributed by atoms with E-state index in [-0.39, 0.29) is 40.9 Å². The number of nitrogens with two attached hydrogens (primary N) is 2. The predicted octanol–water partition coefficient (Wildman–Crippen LogP) is 4.60. The van der Waals surface area contributed by atoms with Gasteiger partial charge in [-0.1, -0.05) is 48.5 Å². The van der Waals surface area contributed by atoms with Crippen molar-refractivity contribution in [3.05, 3.63) is 90.0 Å². The van der Waals surface area contributed by atoms with Crippen molar-refractivity contribution in [3.63, 3.8) is 0 Å². The molecule has 0 unspecified atom stereocenters. The fraction of sp³-hybridized carbons (Fsp3) is 0.0400. The van der Waals surface area contributed by atoms with Crippen molar-refractivity contribution in [3.8, 4) is 17.3 Å². The number of halogens is 2. The molecule has 0 aliphatic heterocycles. The van der Waals surface area contributed by atoms with Gasteiger partial charge in [0.1, 0.15) is 34.3 Å². The van der Waals surface area contributed by atoms with Crippen molar-refractivity contribution in [1.82, 2.24) is 19.7 Å². The Morgan fingerprint density at radius 3 is 2.28 bits per heavy atom. The molecule has 0 atom stereocenters. The first-order valence-electron chi connectivity index (χ1n) is 10.8. The molecule has 0 spiro atoms. The number of nitrogens with zero attached hydrogens (tertiary/aromatic N) is 4. The Morgan fingerprint density at radius 2 is 1.56 bits per heavy atom. The van der Waals surface area contributed by atoms with Gasteiger partial charge in [0.25, 0.3) is 0 Å². The fourth-order valence-electron chi connectivity index (χ4n) is 3.71. The van der Waals surface area contributed by atoms with E-state index < -0.39 is 17.7 Å². The molecule has 1 amide bonds. The van der Waals surface area contributed by atoms with Crippen molar-refractivity contribution in [2.24, 2.45) is 0 Å². The summed E-state index contributed by atoms with van der Waals surface area (Å²) in [6, 6.07) is 19.0. The molecule has 180 valence electrons. The summed E-state index contributed by atoms with van der Waals surface area (Å²) < 4.78 is 35.6. The summed E-state index contributed by atoms with van der Waals surface area (Å²) in [5.41, 5.74) is 12.8. The van der Waals surface area contributed by atoms with Crippen LogP contribution in [0, 0.1) is 11.6 Å². The molecule has 5 aromatic rings. The van der Waals surface area contributed by atoms with E-state index in [1.54, 1.807) is 54.6 Å². The standard InChI is InChI=1S/C25H19F2N7O2/c26-17-11-5-4-7-14(17)13-34-21-16(10-6-12-18(21)27)19(33-34)24-31-22(28)20(23(29)32-24)30-25(35)36-15-8-2-1-3-9-15/h1-12H,13H2,(H,30,35)(H4,28,29,31,32). The second kappa shape index (κ2) is 9.29. The van der Waals surface area contributed by atoms with Gasteiger partial charge in [-0.05, 0) is 24.3 Å². The molecule has 0 radical (unpaired) electrons. The van der Waals surface area contributed by atoms with Crippen LogP contribution < -0.4 is 21.5 Å². The zero-order chi connectivity index (χ0) is 25.2. The minimum absolute atomic E-state index is 0.00913. The molecular formula is C25H19F2N7O2. The van der Waals surface area contributed by atoms with Crippen LogP contribution in [-0.2, 0) is 6.54 Å². The SMILES string of the molecule is Nc1nc(-c2nn(Cc3ccccc3F)c3c(F)cccc23)nc(N)c1NC(=O)Oc1ccccc1. The van der Waals surface area contributed by atoms with Crippen LogP contribution >= 0.6 is 0 Å². The first-order valence-corrected chi connectivity index (χ1v) is 10.8. The minimum atomic E-state index is -0.836. The number of carbonyl (C=O) groups excluding carboxylic acids is 1. The number of nitrogens with one attached hydrogen (secondary N) is 1. The zero-order valence-electron chi connectivity index (χ0n) is 18.7. The number of anilines is 3. The smallest absolute Gasteiger partial charge is 0.410 e. The van der Waals surface area contributed by atoms with E-state index in [2.05, 4.69) is 20.4 Å². The third-order valence-corrected chi connectivity index (χ3v) is 5.36. The number of rotatable bonds is 5.